The van der Waals surface area contributed by atoms with Crippen molar-refractivity contribution in [2.75, 3.05) is 5.32 Å². The van der Waals surface area contributed by atoms with E-state index >= 15 is 0 Å². The molecule has 5 nitrogen and oxygen atoms in total. The van der Waals surface area contributed by atoms with Gasteiger partial charge in [0.1, 0.15) is 0 Å². The van der Waals surface area contributed by atoms with Crippen molar-refractivity contribution in [2.45, 2.75) is 6.04 Å². The van der Waals surface area contributed by atoms with Crippen molar-refractivity contribution in [1.29, 1.82) is 0 Å². The van der Waals surface area contributed by atoms with E-state index in [-0.39, 0.29) is 17.9 Å². The van der Waals surface area contributed by atoms with Crippen LogP contribution in [0, 0.1) is 0 Å². The summed E-state index contributed by atoms with van der Waals surface area (Å²) in [5.41, 5.74) is 2.95. The van der Waals surface area contributed by atoms with Crippen molar-refractivity contribution < 1.29 is 9.59 Å². The summed E-state index contributed by atoms with van der Waals surface area (Å²) in [6.07, 6.45) is 3.41. The van der Waals surface area contributed by atoms with Crippen molar-refractivity contribution in [3.8, 4) is 0 Å². The predicted molar refractivity (Wildman–Crippen MR) is 119 cm³/mol. The van der Waals surface area contributed by atoms with Gasteiger partial charge in [-0.2, -0.15) is 0 Å². The molecule has 0 saturated carbocycles. The molecule has 2 heterocycles. The lowest BCUT2D eigenvalue weighted by Crippen LogP contribution is -2.29. The number of aromatic nitrogens is 1. The Bertz CT molecular complexity index is 1090. The molecule has 1 atom stereocenters. The second-order valence-electron chi connectivity index (χ2n) is 6.61. The summed E-state index contributed by atoms with van der Waals surface area (Å²) in [5.74, 6) is -0.422. The van der Waals surface area contributed by atoms with Gasteiger partial charge in [0.05, 0.1) is 10.9 Å². The first kappa shape index (κ1) is 19.5. The van der Waals surface area contributed by atoms with E-state index in [1.54, 1.807) is 42.7 Å². The van der Waals surface area contributed by atoms with Gasteiger partial charge < -0.3 is 10.6 Å². The third kappa shape index (κ3) is 4.61. The fraction of sp³-hybridized carbons (Fsp3) is 0.0417. The Labute approximate surface area is 178 Å². The number of nitrogens with one attached hydrogen (secondary N) is 2. The minimum Gasteiger partial charge on any atom is -0.341 e. The van der Waals surface area contributed by atoms with E-state index in [1.165, 1.54) is 11.3 Å². The fourth-order valence-corrected chi connectivity index (χ4v) is 3.73. The van der Waals surface area contributed by atoms with Gasteiger partial charge in [-0.3, -0.25) is 14.6 Å². The number of pyridine rings is 1. The lowest BCUT2D eigenvalue weighted by molar-refractivity contribution is 0.0941. The lowest BCUT2D eigenvalue weighted by Gasteiger charge is -2.20. The highest BCUT2D eigenvalue weighted by molar-refractivity contribution is 7.12. The topological polar surface area (TPSA) is 71.1 Å². The average Bonchev–Trinajstić information content (AvgIpc) is 3.34. The Balaban J connectivity index is 1.55. The molecule has 6 heteroatoms. The van der Waals surface area contributed by atoms with Crippen LogP contribution in [0.5, 0.6) is 0 Å². The standard InChI is InChI=1S/C24H19N3O2S/c28-23(19-8-4-9-20(16-19)26-24(29)21-10-5-15-30-21)27-22(17-6-2-1-3-7-17)18-11-13-25-14-12-18/h1-16,22H,(H,26,29)(H,27,28). The second kappa shape index (κ2) is 9.15. The minimum atomic E-state index is -0.314. The van der Waals surface area contributed by atoms with E-state index in [0.29, 0.717) is 16.1 Å². The van der Waals surface area contributed by atoms with Crippen LogP contribution in [0.4, 0.5) is 5.69 Å². The van der Waals surface area contributed by atoms with Gasteiger partial charge in [0.25, 0.3) is 11.8 Å². The highest BCUT2D eigenvalue weighted by atomic mass is 32.1. The van der Waals surface area contributed by atoms with Gasteiger partial charge in [0.2, 0.25) is 0 Å². The summed E-state index contributed by atoms with van der Waals surface area (Å²) in [5, 5.41) is 7.78. The van der Waals surface area contributed by atoms with Crippen molar-refractivity contribution in [1.82, 2.24) is 10.3 Å². The zero-order valence-corrected chi connectivity index (χ0v) is 16.8. The Morgan fingerprint density at radius 3 is 2.30 bits per heavy atom. The molecular formula is C24H19N3O2S. The Morgan fingerprint density at radius 1 is 0.800 bits per heavy atom. The summed E-state index contributed by atoms with van der Waals surface area (Å²) < 4.78 is 0. The van der Waals surface area contributed by atoms with E-state index < -0.39 is 0 Å². The van der Waals surface area contributed by atoms with Crippen LogP contribution >= 0.6 is 11.3 Å². The normalized spacial score (nSPS) is 11.5. The molecule has 0 bridgehead atoms. The quantitative estimate of drug-likeness (QED) is 0.472. The predicted octanol–water partition coefficient (Wildman–Crippen LogP) is 4.91. The number of amides is 2. The molecule has 0 radical (unpaired) electrons. The summed E-state index contributed by atoms with van der Waals surface area (Å²) in [4.78, 5) is 30.0. The van der Waals surface area contributed by atoms with Gasteiger partial charge in [0, 0.05) is 23.6 Å². The average molecular weight is 414 g/mol. The van der Waals surface area contributed by atoms with Crippen LogP contribution in [0.3, 0.4) is 0 Å². The van der Waals surface area contributed by atoms with E-state index in [2.05, 4.69) is 15.6 Å². The van der Waals surface area contributed by atoms with Gasteiger partial charge in [-0.05, 0) is 52.9 Å². The molecule has 0 saturated heterocycles. The zero-order chi connectivity index (χ0) is 20.8. The summed E-state index contributed by atoms with van der Waals surface area (Å²) >= 11 is 1.37. The maximum Gasteiger partial charge on any atom is 0.265 e. The van der Waals surface area contributed by atoms with E-state index in [1.807, 2.05) is 53.9 Å². The molecule has 1 unspecified atom stereocenters. The number of rotatable bonds is 6. The van der Waals surface area contributed by atoms with E-state index in [9.17, 15) is 9.59 Å². The van der Waals surface area contributed by atoms with Crippen LogP contribution in [0.15, 0.2) is 96.6 Å². The first-order valence-electron chi connectivity index (χ1n) is 9.41. The Morgan fingerprint density at radius 2 is 1.57 bits per heavy atom. The number of hydrogen-bond acceptors (Lipinski definition) is 4. The summed E-state index contributed by atoms with van der Waals surface area (Å²) in [6.45, 7) is 0. The van der Waals surface area contributed by atoms with Crippen LogP contribution in [-0.2, 0) is 0 Å². The van der Waals surface area contributed by atoms with Crippen molar-refractivity contribution in [3.05, 3.63) is 118 Å². The van der Waals surface area contributed by atoms with E-state index in [4.69, 9.17) is 0 Å². The zero-order valence-electron chi connectivity index (χ0n) is 16.0. The highest BCUT2D eigenvalue weighted by Crippen LogP contribution is 2.22. The third-order valence-electron chi connectivity index (χ3n) is 4.58. The molecule has 30 heavy (non-hydrogen) atoms. The van der Waals surface area contributed by atoms with Crippen LogP contribution in [0.1, 0.15) is 37.2 Å². The molecule has 0 aliphatic rings. The number of thiophene rings is 1. The number of carbonyl (C=O) groups excluding carboxylic acids is 2. The third-order valence-corrected chi connectivity index (χ3v) is 5.44. The van der Waals surface area contributed by atoms with Gasteiger partial charge in [0.15, 0.2) is 0 Å². The summed E-state index contributed by atoms with van der Waals surface area (Å²) in [6, 6.07) is 23.7. The second-order valence-corrected chi connectivity index (χ2v) is 7.56. The molecule has 4 aromatic rings. The first-order chi connectivity index (χ1) is 14.7. The van der Waals surface area contributed by atoms with Gasteiger partial charge in [-0.25, -0.2) is 0 Å². The molecule has 0 spiro atoms. The SMILES string of the molecule is O=C(NC(c1ccccc1)c1ccncc1)c1cccc(NC(=O)c2cccs2)c1. The van der Waals surface area contributed by atoms with Crippen molar-refractivity contribution in [3.63, 3.8) is 0 Å². The highest BCUT2D eigenvalue weighted by Gasteiger charge is 2.18. The first-order valence-corrected chi connectivity index (χ1v) is 10.3. The van der Waals surface area contributed by atoms with Crippen LogP contribution in [0.25, 0.3) is 0 Å². The Hall–Kier alpha value is -3.77. The maximum atomic E-state index is 13.0. The maximum absolute atomic E-state index is 13.0. The number of carbonyl (C=O) groups is 2. The van der Waals surface area contributed by atoms with Crippen molar-refractivity contribution >= 4 is 28.8 Å². The number of anilines is 1. The van der Waals surface area contributed by atoms with Gasteiger partial charge in [-0.15, -0.1) is 11.3 Å². The molecule has 4 rings (SSSR count). The number of nitrogens with zero attached hydrogens (tertiary/aromatic N) is 1. The summed E-state index contributed by atoms with van der Waals surface area (Å²) in [7, 11) is 0. The van der Waals surface area contributed by atoms with Gasteiger partial charge >= 0.3 is 0 Å². The Kier molecular flexibility index (Phi) is 5.96. The fourth-order valence-electron chi connectivity index (χ4n) is 3.11. The van der Waals surface area contributed by atoms with Gasteiger partial charge in [-0.1, -0.05) is 42.5 Å². The number of hydrogen-bond donors (Lipinski definition) is 2. The van der Waals surface area contributed by atoms with Crippen LogP contribution < -0.4 is 10.6 Å². The molecule has 148 valence electrons. The van der Waals surface area contributed by atoms with Crippen LogP contribution in [-0.4, -0.2) is 16.8 Å². The van der Waals surface area contributed by atoms with Crippen molar-refractivity contribution in [2.24, 2.45) is 0 Å². The smallest absolute Gasteiger partial charge is 0.265 e. The molecule has 0 fully saturated rings. The molecule has 0 aliphatic carbocycles. The molecule has 2 aromatic heterocycles. The lowest BCUT2D eigenvalue weighted by atomic mass is 9.99. The molecule has 2 N–H and O–H groups in total. The number of benzene rings is 2. The van der Waals surface area contributed by atoms with Crippen LogP contribution in [0.2, 0.25) is 0 Å². The molecule has 0 aliphatic heterocycles. The monoisotopic (exact) mass is 413 g/mol. The molecule has 2 amide bonds. The van der Waals surface area contributed by atoms with E-state index in [0.717, 1.165) is 11.1 Å². The molecule has 2 aromatic carbocycles. The largest absolute Gasteiger partial charge is 0.341 e. The molecular weight excluding hydrogens is 394 g/mol. The minimum absolute atomic E-state index is 0.193.